The van der Waals surface area contributed by atoms with Crippen molar-refractivity contribution in [2.45, 2.75) is 6.04 Å². The summed E-state index contributed by atoms with van der Waals surface area (Å²) in [4.78, 5) is 14.3. The third kappa shape index (κ3) is 2.07. The summed E-state index contributed by atoms with van der Waals surface area (Å²) in [5.41, 5.74) is 2.05. The molecule has 2 heterocycles. The molecule has 0 aromatic heterocycles. The fourth-order valence-electron chi connectivity index (χ4n) is 2.60. The number of carbonyl (C=O) groups is 1. The lowest BCUT2D eigenvalue weighted by atomic mass is 9.95. The van der Waals surface area contributed by atoms with Gasteiger partial charge in [0.05, 0.1) is 6.04 Å². The average molecular weight is 248 g/mol. The highest BCUT2D eigenvalue weighted by Crippen LogP contribution is 2.28. The van der Waals surface area contributed by atoms with Gasteiger partial charge in [0.2, 0.25) is 0 Å². The largest absolute Gasteiger partial charge is 0.350 e. The number of benzene rings is 1. The molecule has 1 aromatic rings. The first-order valence-electron chi connectivity index (χ1n) is 6.05. The molecule has 2 aliphatic rings. The molecule has 1 aromatic carbocycles. The van der Waals surface area contributed by atoms with Gasteiger partial charge in [0, 0.05) is 36.7 Å². The molecule has 0 bridgehead atoms. The van der Waals surface area contributed by atoms with E-state index in [2.05, 4.69) is 16.3 Å². The van der Waals surface area contributed by atoms with E-state index in [4.69, 9.17) is 0 Å². The molecule has 1 fully saturated rings. The summed E-state index contributed by atoms with van der Waals surface area (Å²) < 4.78 is 0. The number of nitrogens with one attached hydrogen (secondary N) is 1. The summed E-state index contributed by atoms with van der Waals surface area (Å²) in [6.45, 7) is 3.00. The number of amides is 1. The van der Waals surface area contributed by atoms with Crippen molar-refractivity contribution < 1.29 is 4.79 Å². The molecule has 2 aliphatic heterocycles. The minimum Gasteiger partial charge on any atom is -0.350 e. The number of hydrogen-bond donors (Lipinski definition) is 1. The second-order valence-electron chi connectivity index (χ2n) is 4.46. The minimum absolute atomic E-state index is 0.0724. The first-order valence-corrected chi connectivity index (χ1v) is 7.20. The number of carbonyl (C=O) groups excluding carboxylic acids is 1. The first-order chi connectivity index (χ1) is 8.36. The summed E-state index contributed by atoms with van der Waals surface area (Å²) in [6, 6.07) is 8.36. The van der Waals surface area contributed by atoms with Crippen LogP contribution in [0, 0.1) is 0 Å². The third-order valence-electron chi connectivity index (χ3n) is 3.51. The van der Waals surface area contributed by atoms with Crippen LogP contribution in [0.1, 0.15) is 22.0 Å². The lowest BCUT2D eigenvalue weighted by Crippen LogP contribution is -2.45. The standard InChI is InChI=1S/C13H16N2OS/c16-13-11-4-2-1-3-10(11)12(9-14-13)15-5-7-17-8-6-15/h1-4,12H,5-9H2,(H,14,16). The summed E-state index contributed by atoms with van der Waals surface area (Å²) in [7, 11) is 0. The molecule has 4 heteroatoms. The fraction of sp³-hybridized carbons (Fsp3) is 0.462. The zero-order valence-corrected chi connectivity index (χ0v) is 10.5. The number of nitrogens with zero attached hydrogens (tertiary/aromatic N) is 1. The fourth-order valence-corrected chi connectivity index (χ4v) is 3.54. The normalized spacial score (nSPS) is 25.2. The van der Waals surface area contributed by atoms with Crippen LogP contribution in [0.5, 0.6) is 0 Å². The topological polar surface area (TPSA) is 32.3 Å². The first kappa shape index (κ1) is 11.1. The lowest BCUT2D eigenvalue weighted by molar-refractivity contribution is 0.0909. The number of fused-ring (bicyclic) bond motifs is 1. The molecular weight excluding hydrogens is 232 g/mol. The Bertz CT molecular complexity index is 429. The molecule has 1 atom stereocenters. The van der Waals surface area contributed by atoms with Crippen LogP contribution in [-0.4, -0.2) is 41.9 Å². The Morgan fingerprint density at radius 1 is 1.24 bits per heavy atom. The van der Waals surface area contributed by atoms with Gasteiger partial charge in [-0.1, -0.05) is 18.2 Å². The van der Waals surface area contributed by atoms with E-state index in [1.807, 2.05) is 30.0 Å². The smallest absolute Gasteiger partial charge is 0.251 e. The Kier molecular flexibility index (Phi) is 3.07. The molecule has 0 radical (unpaired) electrons. The highest BCUT2D eigenvalue weighted by atomic mass is 32.2. The van der Waals surface area contributed by atoms with Crippen LogP contribution < -0.4 is 5.32 Å². The maximum atomic E-state index is 11.8. The zero-order valence-electron chi connectivity index (χ0n) is 9.69. The Hall–Kier alpha value is -1.00. The van der Waals surface area contributed by atoms with E-state index in [0.29, 0.717) is 6.04 Å². The van der Waals surface area contributed by atoms with Crippen LogP contribution in [0.4, 0.5) is 0 Å². The van der Waals surface area contributed by atoms with Gasteiger partial charge in [0.15, 0.2) is 0 Å². The second kappa shape index (κ2) is 4.70. The van der Waals surface area contributed by atoms with E-state index in [-0.39, 0.29) is 5.91 Å². The van der Waals surface area contributed by atoms with Gasteiger partial charge in [0.25, 0.3) is 5.91 Å². The van der Waals surface area contributed by atoms with Crippen LogP contribution in [0.25, 0.3) is 0 Å². The maximum Gasteiger partial charge on any atom is 0.251 e. The maximum absolute atomic E-state index is 11.8. The summed E-state index contributed by atoms with van der Waals surface area (Å²) in [5, 5.41) is 3.00. The molecule has 1 amide bonds. The van der Waals surface area contributed by atoms with Gasteiger partial charge in [-0.2, -0.15) is 11.8 Å². The van der Waals surface area contributed by atoms with Gasteiger partial charge in [0.1, 0.15) is 0 Å². The zero-order chi connectivity index (χ0) is 11.7. The van der Waals surface area contributed by atoms with Crippen LogP contribution in [0.15, 0.2) is 24.3 Å². The van der Waals surface area contributed by atoms with Gasteiger partial charge in [-0.05, 0) is 11.6 Å². The van der Waals surface area contributed by atoms with Gasteiger partial charge < -0.3 is 5.32 Å². The van der Waals surface area contributed by atoms with E-state index in [0.717, 1.165) is 25.2 Å². The Balaban J connectivity index is 1.91. The summed E-state index contributed by atoms with van der Waals surface area (Å²) in [6.07, 6.45) is 0. The Morgan fingerprint density at radius 2 is 2.00 bits per heavy atom. The van der Waals surface area contributed by atoms with Gasteiger partial charge in [-0.15, -0.1) is 0 Å². The van der Waals surface area contributed by atoms with Gasteiger partial charge in [-0.25, -0.2) is 0 Å². The van der Waals surface area contributed by atoms with Crippen LogP contribution in [0.2, 0.25) is 0 Å². The predicted octanol–water partition coefficient (Wildman–Crippen LogP) is 1.52. The molecular formula is C13H16N2OS. The Labute approximate surface area is 106 Å². The quantitative estimate of drug-likeness (QED) is 0.818. The van der Waals surface area contributed by atoms with Crippen LogP contribution in [0.3, 0.4) is 0 Å². The highest BCUT2D eigenvalue weighted by molar-refractivity contribution is 7.99. The van der Waals surface area contributed by atoms with Crippen molar-refractivity contribution in [2.24, 2.45) is 0 Å². The SMILES string of the molecule is O=C1NCC(N2CCSCC2)c2ccccc21. The summed E-state index contributed by atoms with van der Waals surface area (Å²) in [5.74, 6) is 2.47. The predicted molar refractivity (Wildman–Crippen MR) is 70.4 cm³/mol. The van der Waals surface area contributed by atoms with E-state index in [9.17, 15) is 4.79 Å². The van der Waals surface area contributed by atoms with Crippen LogP contribution >= 0.6 is 11.8 Å². The molecule has 3 rings (SSSR count). The van der Waals surface area contributed by atoms with Crippen molar-refractivity contribution in [3.05, 3.63) is 35.4 Å². The van der Waals surface area contributed by atoms with Crippen molar-refractivity contribution in [3.8, 4) is 0 Å². The van der Waals surface area contributed by atoms with E-state index < -0.39 is 0 Å². The molecule has 0 saturated carbocycles. The van der Waals surface area contributed by atoms with Gasteiger partial charge in [-0.3, -0.25) is 9.69 Å². The number of rotatable bonds is 1. The second-order valence-corrected chi connectivity index (χ2v) is 5.69. The molecule has 90 valence electrons. The minimum atomic E-state index is 0.0724. The molecule has 0 aliphatic carbocycles. The molecule has 3 nitrogen and oxygen atoms in total. The average Bonchev–Trinajstić information content (AvgIpc) is 2.41. The van der Waals surface area contributed by atoms with Gasteiger partial charge >= 0.3 is 0 Å². The summed E-state index contributed by atoms with van der Waals surface area (Å²) >= 11 is 2.02. The van der Waals surface area contributed by atoms with E-state index >= 15 is 0 Å². The van der Waals surface area contributed by atoms with Crippen molar-refractivity contribution in [1.82, 2.24) is 10.2 Å². The molecule has 17 heavy (non-hydrogen) atoms. The number of hydrogen-bond acceptors (Lipinski definition) is 3. The third-order valence-corrected chi connectivity index (χ3v) is 4.45. The highest BCUT2D eigenvalue weighted by Gasteiger charge is 2.29. The van der Waals surface area contributed by atoms with Crippen molar-refractivity contribution in [3.63, 3.8) is 0 Å². The molecule has 1 N–H and O–H groups in total. The van der Waals surface area contributed by atoms with Crippen molar-refractivity contribution >= 4 is 17.7 Å². The molecule has 1 saturated heterocycles. The molecule has 0 spiro atoms. The van der Waals surface area contributed by atoms with Crippen molar-refractivity contribution in [2.75, 3.05) is 31.1 Å². The number of thioether (sulfide) groups is 1. The molecule has 1 unspecified atom stereocenters. The van der Waals surface area contributed by atoms with E-state index in [1.165, 1.54) is 17.1 Å². The van der Waals surface area contributed by atoms with Crippen molar-refractivity contribution in [1.29, 1.82) is 0 Å². The van der Waals surface area contributed by atoms with E-state index in [1.54, 1.807) is 0 Å². The lowest BCUT2D eigenvalue weighted by Gasteiger charge is -2.37. The Morgan fingerprint density at radius 3 is 2.82 bits per heavy atom. The van der Waals surface area contributed by atoms with Crippen LogP contribution in [-0.2, 0) is 0 Å². The monoisotopic (exact) mass is 248 g/mol.